The highest BCUT2D eigenvalue weighted by Crippen LogP contribution is 2.51. The van der Waals surface area contributed by atoms with Gasteiger partial charge in [0.05, 0.1) is 20.4 Å². The molecule has 4 aromatic heterocycles. The van der Waals surface area contributed by atoms with Crippen LogP contribution in [0.15, 0.2) is 133 Å². The molecule has 10 rings (SSSR count). The summed E-state index contributed by atoms with van der Waals surface area (Å²) in [5.74, 6) is 1.92. The second-order valence-corrected chi connectivity index (χ2v) is 13.3. The molecular formula is C39H22N4S2. The molecule has 0 bridgehead atoms. The summed E-state index contributed by atoms with van der Waals surface area (Å²) in [4.78, 5) is 15.4. The average molecular weight is 611 g/mol. The number of hydrogen-bond acceptors (Lipinski definition) is 5. The van der Waals surface area contributed by atoms with Crippen LogP contribution in [-0.2, 0) is 0 Å². The Balaban J connectivity index is 1.46. The van der Waals surface area contributed by atoms with E-state index in [9.17, 15) is 0 Å². The van der Waals surface area contributed by atoms with E-state index in [2.05, 4.69) is 102 Å². The van der Waals surface area contributed by atoms with E-state index < -0.39 is 0 Å². The van der Waals surface area contributed by atoms with Gasteiger partial charge in [0.15, 0.2) is 11.6 Å². The monoisotopic (exact) mass is 610 g/mol. The summed E-state index contributed by atoms with van der Waals surface area (Å²) in [6.07, 6.45) is 0. The van der Waals surface area contributed by atoms with Gasteiger partial charge in [-0.1, -0.05) is 115 Å². The predicted molar refractivity (Wildman–Crippen MR) is 191 cm³/mol. The minimum atomic E-state index is 0.615. The Hall–Kier alpha value is -5.43. The number of nitrogens with zero attached hydrogens (tertiary/aromatic N) is 4. The van der Waals surface area contributed by atoms with Crippen molar-refractivity contribution in [2.45, 2.75) is 0 Å². The van der Waals surface area contributed by atoms with Crippen molar-refractivity contribution in [1.82, 2.24) is 19.5 Å². The number of aromatic nitrogens is 4. The summed E-state index contributed by atoms with van der Waals surface area (Å²) < 4.78 is 7.52. The van der Waals surface area contributed by atoms with Crippen molar-refractivity contribution in [3.63, 3.8) is 0 Å². The fourth-order valence-electron chi connectivity index (χ4n) is 6.73. The molecule has 0 fully saturated rings. The highest BCUT2D eigenvalue weighted by molar-refractivity contribution is 7.33. The van der Waals surface area contributed by atoms with E-state index in [4.69, 9.17) is 15.0 Å². The number of thiophene rings is 2. The number of para-hydroxylation sites is 1. The number of fused-ring (bicyclic) bond motifs is 12. The molecule has 6 heteroatoms. The van der Waals surface area contributed by atoms with Gasteiger partial charge in [-0.3, -0.25) is 4.57 Å². The molecule has 0 amide bonds. The van der Waals surface area contributed by atoms with Gasteiger partial charge < -0.3 is 0 Å². The van der Waals surface area contributed by atoms with E-state index >= 15 is 0 Å². The highest BCUT2D eigenvalue weighted by Gasteiger charge is 2.25. The van der Waals surface area contributed by atoms with Crippen molar-refractivity contribution in [3.8, 4) is 28.7 Å². The number of hydrogen-bond donors (Lipinski definition) is 0. The van der Waals surface area contributed by atoms with E-state index in [1.165, 1.54) is 51.1 Å². The normalized spacial score (nSPS) is 12.0. The Labute approximate surface area is 265 Å². The lowest BCUT2D eigenvalue weighted by atomic mass is 10.0. The maximum atomic E-state index is 5.22. The zero-order valence-electron chi connectivity index (χ0n) is 23.8. The van der Waals surface area contributed by atoms with E-state index in [-0.39, 0.29) is 0 Å². The topological polar surface area (TPSA) is 43.6 Å². The maximum absolute atomic E-state index is 5.22. The first-order chi connectivity index (χ1) is 22.3. The van der Waals surface area contributed by atoms with Crippen LogP contribution in [0.5, 0.6) is 0 Å². The van der Waals surface area contributed by atoms with Gasteiger partial charge in [0.25, 0.3) is 0 Å². The predicted octanol–water partition coefficient (Wildman–Crippen LogP) is 11.0. The average Bonchev–Trinajstić information content (AvgIpc) is 3.79. The Morgan fingerprint density at radius 1 is 0.422 bits per heavy atom. The minimum absolute atomic E-state index is 0.615. The summed E-state index contributed by atoms with van der Waals surface area (Å²) in [6.45, 7) is 0. The molecule has 0 saturated heterocycles. The van der Waals surface area contributed by atoms with E-state index in [1.807, 2.05) is 59.1 Å². The highest BCUT2D eigenvalue weighted by atomic mass is 32.1. The molecule has 210 valence electrons. The zero-order valence-corrected chi connectivity index (χ0v) is 25.4. The van der Waals surface area contributed by atoms with Crippen molar-refractivity contribution in [2.24, 2.45) is 0 Å². The van der Waals surface area contributed by atoms with E-state index in [0.717, 1.165) is 22.2 Å². The summed E-state index contributed by atoms with van der Waals surface area (Å²) in [5.41, 5.74) is 4.13. The van der Waals surface area contributed by atoms with Gasteiger partial charge in [0.1, 0.15) is 0 Å². The molecule has 0 aliphatic rings. The lowest BCUT2D eigenvalue weighted by molar-refractivity contribution is 0.955. The van der Waals surface area contributed by atoms with Crippen molar-refractivity contribution >= 4 is 84.8 Å². The first-order valence-corrected chi connectivity index (χ1v) is 16.5. The molecule has 0 aliphatic heterocycles. The van der Waals surface area contributed by atoms with E-state index in [0.29, 0.717) is 17.6 Å². The standard InChI is InChI=1S/C39H22N4S2/c1-3-13-23(14-4-1)37-40-38(24-15-5-2-6-16-24)42-39(41-37)43-28-20-10-7-17-25(28)31-32-26-18-8-11-21-29(26)44-35(32)36-33(34(31)43)27-19-9-12-22-30(27)45-36/h1-22H. The van der Waals surface area contributed by atoms with Crippen LogP contribution in [0.2, 0.25) is 0 Å². The van der Waals surface area contributed by atoms with E-state index in [1.54, 1.807) is 0 Å². The smallest absolute Gasteiger partial charge is 0.238 e. The number of rotatable bonds is 3. The lowest BCUT2D eigenvalue weighted by Gasteiger charge is -2.11. The van der Waals surface area contributed by atoms with Crippen LogP contribution in [0.4, 0.5) is 0 Å². The quantitative estimate of drug-likeness (QED) is 0.200. The molecule has 0 unspecified atom stereocenters. The largest absolute Gasteiger partial charge is 0.277 e. The summed E-state index contributed by atoms with van der Waals surface area (Å²) in [5, 5.41) is 7.55. The first kappa shape index (κ1) is 25.0. The van der Waals surface area contributed by atoms with Crippen molar-refractivity contribution in [3.05, 3.63) is 133 Å². The molecule has 0 radical (unpaired) electrons. The lowest BCUT2D eigenvalue weighted by Crippen LogP contribution is -2.06. The fourth-order valence-corrected chi connectivity index (χ4v) is 9.28. The van der Waals surface area contributed by atoms with Crippen molar-refractivity contribution in [2.75, 3.05) is 0 Å². The molecule has 0 saturated carbocycles. The molecule has 45 heavy (non-hydrogen) atoms. The second-order valence-electron chi connectivity index (χ2n) is 11.2. The van der Waals surface area contributed by atoms with Gasteiger partial charge in [-0.2, -0.15) is 9.97 Å². The zero-order chi connectivity index (χ0) is 29.5. The van der Waals surface area contributed by atoms with Crippen molar-refractivity contribution < 1.29 is 0 Å². The third-order valence-corrected chi connectivity index (χ3v) is 11.2. The molecular weight excluding hydrogens is 589 g/mol. The van der Waals surface area contributed by atoms with Crippen molar-refractivity contribution in [1.29, 1.82) is 0 Å². The van der Waals surface area contributed by atoms with Gasteiger partial charge in [0.2, 0.25) is 5.95 Å². The Morgan fingerprint density at radius 2 is 0.911 bits per heavy atom. The molecule has 6 aromatic carbocycles. The third-order valence-electron chi connectivity index (χ3n) is 8.65. The number of benzene rings is 6. The maximum Gasteiger partial charge on any atom is 0.238 e. The SMILES string of the molecule is c1ccc(-c2nc(-c3ccccc3)nc(-n3c4ccccc4c4c5c6ccccc6sc5c5sc6ccccc6c5c43)n2)cc1. The van der Waals surface area contributed by atoms with Crippen LogP contribution in [0.3, 0.4) is 0 Å². The molecule has 4 nitrogen and oxygen atoms in total. The summed E-state index contributed by atoms with van der Waals surface area (Å²) in [6, 6.07) is 46.7. The van der Waals surface area contributed by atoms with Gasteiger partial charge in [-0.15, -0.1) is 22.7 Å². The fraction of sp³-hybridized carbons (Fsp3) is 0. The van der Waals surface area contributed by atoms with Crippen LogP contribution in [-0.4, -0.2) is 19.5 Å². The van der Waals surface area contributed by atoms with Crippen LogP contribution in [0, 0.1) is 0 Å². The van der Waals surface area contributed by atoms with Gasteiger partial charge in [-0.05, 0) is 18.2 Å². The molecule has 0 N–H and O–H groups in total. The minimum Gasteiger partial charge on any atom is -0.277 e. The molecule has 0 atom stereocenters. The molecule has 4 heterocycles. The van der Waals surface area contributed by atoms with Gasteiger partial charge >= 0.3 is 0 Å². The Morgan fingerprint density at radius 3 is 1.53 bits per heavy atom. The Bertz CT molecular complexity index is 2700. The van der Waals surface area contributed by atoms with Gasteiger partial charge in [-0.25, -0.2) is 4.98 Å². The van der Waals surface area contributed by atoms with Crippen LogP contribution in [0.1, 0.15) is 0 Å². The van der Waals surface area contributed by atoms with Gasteiger partial charge in [0, 0.05) is 52.8 Å². The van der Waals surface area contributed by atoms with Crippen LogP contribution in [0.25, 0.3) is 90.9 Å². The molecule has 10 aromatic rings. The Kier molecular flexibility index (Phi) is 5.29. The molecule has 0 aliphatic carbocycles. The first-order valence-electron chi connectivity index (χ1n) is 14.9. The summed E-state index contributed by atoms with van der Waals surface area (Å²) >= 11 is 3.77. The van der Waals surface area contributed by atoms with Crippen LogP contribution < -0.4 is 0 Å². The van der Waals surface area contributed by atoms with Crippen LogP contribution >= 0.6 is 22.7 Å². The third kappa shape index (κ3) is 3.61. The molecule has 0 spiro atoms. The summed E-state index contributed by atoms with van der Waals surface area (Å²) in [7, 11) is 0. The second kappa shape index (κ2) is 9.53.